The lowest BCUT2D eigenvalue weighted by atomic mass is 9.81. The van der Waals surface area contributed by atoms with Crippen LogP contribution in [0, 0.1) is 0 Å². The van der Waals surface area contributed by atoms with E-state index in [0.29, 0.717) is 23.4 Å². The molecule has 7 aromatic carbocycles. The fourth-order valence-corrected chi connectivity index (χ4v) is 9.45. The molecule has 290 valence electrons. The molecule has 0 amide bonds. The van der Waals surface area contributed by atoms with Gasteiger partial charge in [-0.3, -0.25) is 0 Å². The van der Waals surface area contributed by atoms with E-state index in [9.17, 15) is 0 Å². The molecule has 6 heteroatoms. The number of fused-ring (bicyclic) bond motifs is 8. The van der Waals surface area contributed by atoms with Gasteiger partial charge in [-0.15, -0.1) is 0 Å². The van der Waals surface area contributed by atoms with Crippen molar-refractivity contribution in [1.29, 1.82) is 0 Å². The largest absolute Gasteiger partial charge is 0.435 e. The summed E-state index contributed by atoms with van der Waals surface area (Å²) < 4.78 is 9.01. The van der Waals surface area contributed by atoms with E-state index < -0.39 is 0 Å². The highest BCUT2D eigenvalue weighted by Crippen LogP contribution is 2.53. The highest BCUT2D eigenvalue weighted by atomic mass is 16.3. The Labute approximate surface area is 353 Å². The maximum absolute atomic E-state index is 6.57. The standard InChI is InChI=1S/C55H39N5O/c1-55(2)44-27-28-46-50(61-54(56-46)36-19-11-5-12-20-36)49(44)41-26-23-38(33-45(41)55)37-24-29-47-42(31-37)43-32-39(25-30-48(43)60(47)40-21-13-6-14-22-40)53-58-51(34-15-7-3-8-16-34)57-52(59-53)35-17-9-4-10-18-35/h3-13,15-21,23-33H,14,22H2,1-2H3. The molecule has 3 aromatic heterocycles. The van der Waals surface area contributed by atoms with E-state index in [1.807, 2.05) is 91.0 Å². The van der Waals surface area contributed by atoms with Crippen LogP contribution in [-0.2, 0) is 5.41 Å². The van der Waals surface area contributed by atoms with Crippen molar-refractivity contribution in [2.24, 2.45) is 0 Å². The molecule has 0 aliphatic heterocycles. The molecule has 0 N–H and O–H groups in total. The van der Waals surface area contributed by atoms with E-state index >= 15 is 0 Å². The number of hydrogen-bond acceptors (Lipinski definition) is 5. The highest BCUT2D eigenvalue weighted by molar-refractivity contribution is 6.12. The van der Waals surface area contributed by atoms with Crippen molar-refractivity contribution in [3.05, 3.63) is 187 Å². The molecule has 0 bridgehead atoms. The van der Waals surface area contributed by atoms with E-state index in [-0.39, 0.29) is 5.41 Å². The molecule has 0 atom stereocenters. The predicted molar refractivity (Wildman–Crippen MR) is 248 cm³/mol. The molecular weight excluding hydrogens is 747 g/mol. The van der Waals surface area contributed by atoms with Crippen LogP contribution in [0.25, 0.3) is 106 Å². The Bertz CT molecular complexity index is 3370. The fourth-order valence-electron chi connectivity index (χ4n) is 9.45. The third kappa shape index (κ3) is 5.70. The summed E-state index contributed by atoms with van der Waals surface area (Å²) in [4.78, 5) is 20.0. The van der Waals surface area contributed by atoms with Crippen LogP contribution < -0.4 is 0 Å². The first-order valence-corrected chi connectivity index (χ1v) is 20.9. The molecule has 0 fully saturated rings. The summed E-state index contributed by atoms with van der Waals surface area (Å²) in [5.41, 5.74) is 16.2. The summed E-state index contributed by atoms with van der Waals surface area (Å²) in [7, 11) is 0. The molecule has 3 heterocycles. The number of aromatic nitrogens is 5. The number of allylic oxidation sites excluding steroid dienone is 4. The van der Waals surface area contributed by atoms with Crippen LogP contribution in [0.5, 0.6) is 0 Å². The zero-order valence-electron chi connectivity index (χ0n) is 33.8. The van der Waals surface area contributed by atoms with Crippen LogP contribution in [0.3, 0.4) is 0 Å². The Morgan fingerprint density at radius 1 is 0.525 bits per heavy atom. The van der Waals surface area contributed by atoms with Gasteiger partial charge in [0.05, 0.1) is 11.0 Å². The molecular formula is C55H39N5O. The van der Waals surface area contributed by atoms with Gasteiger partial charge in [-0.05, 0) is 101 Å². The van der Waals surface area contributed by atoms with Crippen molar-refractivity contribution >= 4 is 38.6 Å². The first-order chi connectivity index (χ1) is 30.0. The molecule has 6 nitrogen and oxygen atoms in total. The predicted octanol–water partition coefficient (Wildman–Crippen LogP) is 14.0. The number of benzene rings is 7. The molecule has 0 saturated heterocycles. The average Bonchev–Trinajstić information content (AvgIpc) is 3.98. The monoisotopic (exact) mass is 785 g/mol. The molecule has 2 aliphatic rings. The summed E-state index contributed by atoms with van der Waals surface area (Å²) in [6.07, 6.45) is 8.66. The number of nitrogens with zero attached hydrogens (tertiary/aromatic N) is 5. The molecule has 0 spiro atoms. The van der Waals surface area contributed by atoms with Gasteiger partial charge in [-0.25, -0.2) is 19.9 Å². The Balaban J connectivity index is 1.01. The highest BCUT2D eigenvalue weighted by Gasteiger charge is 2.38. The van der Waals surface area contributed by atoms with Crippen molar-refractivity contribution in [2.45, 2.75) is 32.1 Å². The second-order valence-corrected chi connectivity index (χ2v) is 16.6. The number of hydrogen-bond donors (Lipinski definition) is 0. The SMILES string of the molecule is CC1(C)c2cc(-c3ccc4c(c3)c3cc(-c5nc(-c6ccccc6)nc(-c6ccccc6)n5)ccc3n4C3=CC=CCC3)ccc2-c2c1ccc1nc(-c3ccccc3)oc21. The zero-order chi connectivity index (χ0) is 40.7. The lowest BCUT2D eigenvalue weighted by molar-refractivity contribution is 0.618. The van der Waals surface area contributed by atoms with Gasteiger partial charge in [-0.2, -0.15) is 0 Å². The molecule has 0 unspecified atom stereocenters. The van der Waals surface area contributed by atoms with Crippen molar-refractivity contribution in [3.63, 3.8) is 0 Å². The van der Waals surface area contributed by atoms with Crippen molar-refractivity contribution < 1.29 is 4.42 Å². The normalized spacial score (nSPS) is 14.1. The Hall–Kier alpha value is -7.70. The van der Waals surface area contributed by atoms with Crippen molar-refractivity contribution in [2.75, 3.05) is 0 Å². The zero-order valence-corrected chi connectivity index (χ0v) is 33.8. The Morgan fingerprint density at radius 2 is 1.10 bits per heavy atom. The van der Waals surface area contributed by atoms with Gasteiger partial charge in [0.2, 0.25) is 5.89 Å². The van der Waals surface area contributed by atoms with E-state index in [2.05, 4.69) is 103 Å². The van der Waals surface area contributed by atoms with Gasteiger partial charge in [-0.1, -0.05) is 129 Å². The number of oxazole rings is 1. The smallest absolute Gasteiger partial charge is 0.227 e. The van der Waals surface area contributed by atoms with Crippen LogP contribution in [0.1, 0.15) is 37.8 Å². The van der Waals surface area contributed by atoms with Crippen LogP contribution in [-0.4, -0.2) is 24.5 Å². The van der Waals surface area contributed by atoms with Gasteiger partial charge in [0.25, 0.3) is 0 Å². The summed E-state index contributed by atoms with van der Waals surface area (Å²) >= 11 is 0. The van der Waals surface area contributed by atoms with Crippen LogP contribution >= 0.6 is 0 Å². The quantitative estimate of drug-likeness (QED) is 0.168. The van der Waals surface area contributed by atoms with Crippen LogP contribution in [0.4, 0.5) is 0 Å². The van der Waals surface area contributed by atoms with Gasteiger partial charge < -0.3 is 8.98 Å². The second-order valence-electron chi connectivity index (χ2n) is 16.6. The lowest BCUT2D eigenvalue weighted by Gasteiger charge is -2.22. The first-order valence-electron chi connectivity index (χ1n) is 20.9. The van der Waals surface area contributed by atoms with Crippen LogP contribution in [0.2, 0.25) is 0 Å². The van der Waals surface area contributed by atoms with Gasteiger partial charge >= 0.3 is 0 Å². The Morgan fingerprint density at radius 3 is 1.74 bits per heavy atom. The first kappa shape index (κ1) is 35.3. The summed E-state index contributed by atoms with van der Waals surface area (Å²) in [5, 5.41) is 2.34. The maximum Gasteiger partial charge on any atom is 0.227 e. The minimum Gasteiger partial charge on any atom is -0.435 e. The number of rotatable bonds is 6. The molecule has 0 radical (unpaired) electrons. The topological polar surface area (TPSA) is 69.6 Å². The molecule has 61 heavy (non-hydrogen) atoms. The summed E-state index contributed by atoms with van der Waals surface area (Å²) in [6.45, 7) is 4.64. The van der Waals surface area contributed by atoms with E-state index in [0.717, 1.165) is 68.2 Å². The minimum atomic E-state index is -0.230. The van der Waals surface area contributed by atoms with Crippen molar-refractivity contribution in [3.8, 4) is 67.9 Å². The summed E-state index contributed by atoms with van der Waals surface area (Å²) in [5.74, 6) is 2.58. The molecule has 2 aliphatic carbocycles. The molecule has 0 saturated carbocycles. The third-order valence-electron chi connectivity index (χ3n) is 12.5. The van der Waals surface area contributed by atoms with Gasteiger partial charge in [0.15, 0.2) is 23.1 Å². The third-order valence-corrected chi connectivity index (χ3v) is 12.5. The molecule has 12 rings (SSSR count). The average molecular weight is 786 g/mol. The molecule has 10 aromatic rings. The minimum absolute atomic E-state index is 0.230. The van der Waals surface area contributed by atoms with E-state index in [1.54, 1.807) is 0 Å². The van der Waals surface area contributed by atoms with E-state index in [4.69, 9.17) is 24.4 Å². The summed E-state index contributed by atoms with van der Waals surface area (Å²) in [6, 6.07) is 55.3. The van der Waals surface area contributed by atoms with Gasteiger partial charge in [0, 0.05) is 49.7 Å². The lowest BCUT2D eigenvalue weighted by Crippen LogP contribution is -2.14. The van der Waals surface area contributed by atoms with Crippen LogP contribution in [0.15, 0.2) is 180 Å². The Kier molecular flexibility index (Phi) is 7.91. The fraction of sp³-hybridized carbons (Fsp3) is 0.0909. The van der Waals surface area contributed by atoms with E-state index in [1.165, 1.54) is 38.9 Å². The second kappa shape index (κ2) is 13.7. The van der Waals surface area contributed by atoms with Crippen molar-refractivity contribution in [1.82, 2.24) is 24.5 Å². The maximum atomic E-state index is 6.57. The van der Waals surface area contributed by atoms with Gasteiger partial charge in [0.1, 0.15) is 5.52 Å².